The predicted octanol–water partition coefficient (Wildman–Crippen LogP) is 1.83. The number of imide groups is 1. The number of likely N-dealkylation sites (tertiary alicyclic amines) is 1. The summed E-state index contributed by atoms with van der Waals surface area (Å²) in [4.78, 5) is 24.1. The molecule has 0 saturated carbocycles. The van der Waals surface area contributed by atoms with Crippen LogP contribution in [0.3, 0.4) is 0 Å². The van der Waals surface area contributed by atoms with E-state index in [0.29, 0.717) is 26.0 Å². The van der Waals surface area contributed by atoms with Crippen LogP contribution in [0.5, 0.6) is 5.75 Å². The average Bonchev–Trinajstić information content (AvgIpc) is 2.63. The van der Waals surface area contributed by atoms with E-state index in [1.807, 2.05) is 32.0 Å². The monoisotopic (exact) mass is 247 g/mol. The summed E-state index contributed by atoms with van der Waals surface area (Å²) in [6.07, 6.45) is 0.671. The highest BCUT2D eigenvalue weighted by molar-refractivity contribution is 6.01. The number of rotatable bonds is 4. The van der Waals surface area contributed by atoms with E-state index in [1.165, 1.54) is 10.5 Å². The molecule has 0 bridgehead atoms. The van der Waals surface area contributed by atoms with Crippen molar-refractivity contribution in [1.29, 1.82) is 0 Å². The van der Waals surface area contributed by atoms with Crippen molar-refractivity contribution in [3.05, 3.63) is 29.3 Å². The third-order valence-corrected chi connectivity index (χ3v) is 3.06. The summed E-state index contributed by atoms with van der Waals surface area (Å²) in [7, 11) is 0. The molecule has 1 aliphatic rings. The molecule has 0 atom stereocenters. The Labute approximate surface area is 107 Å². The summed E-state index contributed by atoms with van der Waals surface area (Å²) < 4.78 is 5.60. The zero-order valence-electron chi connectivity index (χ0n) is 10.7. The zero-order chi connectivity index (χ0) is 13.1. The van der Waals surface area contributed by atoms with Crippen LogP contribution in [0.25, 0.3) is 0 Å². The van der Waals surface area contributed by atoms with Crippen LogP contribution in [0.2, 0.25) is 0 Å². The van der Waals surface area contributed by atoms with Crippen molar-refractivity contribution < 1.29 is 14.3 Å². The Morgan fingerprint density at radius 3 is 2.44 bits per heavy atom. The molecule has 4 heteroatoms. The van der Waals surface area contributed by atoms with E-state index in [2.05, 4.69) is 0 Å². The van der Waals surface area contributed by atoms with Crippen LogP contribution in [0, 0.1) is 13.8 Å². The first-order valence-corrected chi connectivity index (χ1v) is 6.11. The van der Waals surface area contributed by atoms with Gasteiger partial charge in [0.2, 0.25) is 11.8 Å². The van der Waals surface area contributed by atoms with E-state index < -0.39 is 0 Å². The number of aryl methyl sites for hydroxylation is 2. The molecule has 1 aliphatic heterocycles. The van der Waals surface area contributed by atoms with Crippen molar-refractivity contribution in [1.82, 2.24) is 4.90 Å². The molecule has 1 fully saturated rings. The van der Waals surface area contributed by atoms with Gasteiger partial charge >= 0.3 is 0 Å². The second-order valence-electron chi connectivity index (χ2n) is 4.56. The number of benzene rings is 1. The summed E-state index contributed by atoms with van der Waals surface area (Å²) in [6, 6.07) is 5.94. The number of amides is 2. The van der Waals surface area contributed by atoms with Crippen LogP contribution >= 0.6 is 0 Å². The van der Waals surface area contributed by atoms with Crippen molar-refractivity contribution in [2.45, 2.75) is 26.7 Å². The Morgan fingerprint density at radius 2 is 1.83 bits per heavy atom. The second kappa shape index (κ2) is 5.21. The van der Waals surface area contributed by atoms with Crippen molar-refractivity contribution in [2.75, 3.05) is 13.2 Å². The summed E-state index contributed by atoms with van der Waals surface area (Å²) in [5, 5.41) is 0. The molecule has 0 unspecified atom stereocenters. The SMILES string of the molecule is Cc1ccc(OCCN2C(=O)CCC2=O)c(C)c1. The summed E-state index contributed by atoms with van der Waals surface area (Å²) >= 11 is 0. The van der Waals surface area contributed by atoms with Gasteiger partial charge in [-0.3, -0.25) is 14.5 Å². The first-order chi connectivity index (χ1) is 8.58. The Morgan fingerprint density at radius 1 is 1.17 bits per heavy atom. The molecule has 0 aromatic heterocycles. The smallest absolute Gasteiger partial charge is 0.229 e. The Kier molecular flexibility index (Phi) is 3.65. The van der Waals surface area contributed by atoms with Gasteiger partial charge < -0.3 is 4.74 Å². The van der Waals surface area contributed by atoms with Crippen LogP contribution < -0.4 is 4.74 Å². The van der Waals surface area contributed by atoms with Crippen LogP contribution in [0.1, 0.15) is 24.0 Å². The van der Waals surface area contributed by atoms with Gasteiger partial charge in [-0.05, 0) is 25.5 Å². The van der Waals surface area contributed by atoms with Crippen molar-refractivity contribution in [3.63, 3.8) is 0 Å². The fourth-order valence-corrected chi connectivity index (χ4v) is 2.08. The van der Waals surface area contributed by atoms with Gasteiger partial charge in [-0.25, -0.2) is 0 Å². The van der Waals surface area contributed by atoms with Gasteiger partial charge in [-0.2, -0.15) is 0 Å². The number of ether oxygens (including phenoxy) is 1. The second-order valence-corrected chi connectivity index (χ2v) is 4.56. The highest BCUT2D eigenvalue weighted by atomic mass is 16.5. The molecule has 2 amide bonds. The molecule has 18 heavy (non-hydrogen) atoms. The standard InChI is InChI=1S/C14H17NO3/c1-10-3-4-12(11(2)9-10)18-8-7-15-13(16)5-6-14(15)17/h3-4,9H,5-8H2,1-2H3. The molecule has 1 heterocycles. The minimum absolute atomic E-state index is 0.0933. The first kappa shape index (κ1) is 12.6. The first-order valence-electron chi connectivity index (χ1n) is 6.11. The lowest BCUT2D eigenvalue weighted by Crippen LogP contribution is -2.33. The third kappa shape index (κ3) is 2.70. The maximum absolute atomic E-state index is 11.4. The minimum Gasteiger partial charge on any atom is -0.491 e. The molecule has 0 spiro atoms. The van der Waals surface area contributed by atoms with Crippen LogP contribution in [-0.2, 0) is 9.59 Å². The highest BCUT2D eigenvalue weighted by Crippen LogP contribution is 2.19. The number of hydrogen-bond acceptors (Lipinski definition) is 3. The summed E-state index contributed by atoms with van der Waals surface area (Å²) in [6.45, 7) is 4.69. The molecule has 96 valence electrons. The lowest BCUT2D eigenvalue weighted by molar-refractivity contribution is -0.138. The maximum atomic E-state index is 11.4. The number of hydrogen-bond donors (Lipinski definition) is 0. The molecule has 4 nitrogen and oxygen atoms in total. The molecular formula is C14H17NO3. The third-order valence-electron chi connectivity index (χ3n) is 3.06. The quantitative estimate of drug-likeness (QED) is 0.763. The normalized spacial score (nSPS) is 15.3. The van der Waals surface area contributed by atoms with Gasteiger partial charge in [0, 0.05) is 12.8 Å². The van der Waals surface area contributed by atoms with E-state index in [4.69, 9.17) is 4.74 Å². The van der Waals surface area contributed by atoms with E-state index in [9.17, 15) is 9.59 Å². The van der Waals surface area contributed by atoms with E-state index >= 15 is 0 Å². The summed E-state index contributed by atoms with van der Waals surface area (Å²) in [5.41, 5.74) is 2.25. The van der Waals surface area contributed by atoms with Gasteiger partial charge in [-0.15, -0.1) is 0 Å². The lowest BCUT2D eigenvalue weighted by atomic mass is 10.1. The van der Waals surface area contributed by atoms with Crippen LogP contribution in [0.15, 0.2) is 18.2 Å². The molecular weight excluding hydrogens is 230 g/mol. The Balaban J connectivity index is 1.88. The zero-order valence-corrected chi connectivity index (χ0v) is 10.7. The fourth-order valence-electron chi connectivity index (χ4n) is 2.08. The molecule has 1 aromatic rings. The van der Waals surface area contributed by atoms with Gasteiger partial charge in [0.05, 0.1) is 6.54 Å². The summed E-state index contributed by atoms with van der Waals surface area (Å²) in [5.74, 6) is 0.619. The van der Waals surface area contributed by atoms with Crippen molar-refractivity contribution >= 4 is 11.8 Å². The molecule has 2 rings (SSSR count). The maximum Gasteiger partial charge on any atom is 0.229 e. The van der Waals surface area contributed by atoms with E-state index in [1.54, 1.807) is 0 Å². The van der Waals surface area contributed by atoms with Crippen LogP contribution in [-0.4, -0.2) is 29.9 Å². The molecule has 1 aromatic carbocycles. The Bertz CT molecular complexity index is 466. The number of carbonyl (C=O) groups is 2. The Hall–Kier alpha value is -1.84. The van der Waals surface area contributed by atoms with Crippen molar-refractivity contribution in [3.8, 4) is 5.75 Å². The van der Waals surface area contributed by atoms with E-state index in [0.717, 1.165) is 11.3 Å². The molecule has 0 aliphatic carbocycles. The topological polar surface area (TPSA) is 46.6 Å². The fraction of sp³-hybridized carbons (Fsp3) is 0.429. The lowest BCUT2D eigenvalue weighted by Gasteiger charge is -2.15. The average molecular weight is 247 g/mol. The molecule has 1 saturated heterocycles. The van der Waals surface area contributed by atoms with Crippen LogP contribution in [0.4, 0.5) is 0 Å². The van der Waals surface area contributed by atoms with E-state index in [-0.39, 0.29) is 11.8 Å². The molecule has 0 N–H and O–H groups in total. The van der Waals surface area contributed by atoms with Gasteiger partial charge in [0.15, 0.2) is 0 Å². The number of carbonyl (C=O) groups excluding carboxylic acids is 2. The number of nitrogens with zero attached hydrogens (tertiary/aromatic N) is 1. The predicted molar refractivity (Wildman–Crippen MR) is 67.4 cm³/mol. The minimum atomic E-state index is -0.0933. The molecule has 0 radical (unpaired) electrons. The van der Waals surface area contributed by atoms with Gasteiger partial charge in [0.1, 0.15) is 12.4 Å². The largest absolute Gasteiger partial charge is 0.491 e. The van der Waals surface area contributed by atoms with Gasteiger partial charge in [0.25, 0.3) is 0 Å². The highest BCUT2D eigenvalue weighted by Gasteiger charge is 2.28. The van der Waals surface area contributed by atoms with Crippen molar-refractivity contribution in [2.24, 2.45) is 0 Å². The van der Waals surface area contributed by atoms with Gasteiger partial charge in [-0.1, -0.05) is 17.7 Å².